The zero-order chi connectivity index (χ0) is 22.7. The molecule has 2 aliphatic heterocycles. The van der Waals surface area contributed by atoms with Crippen LogP contribution in [0.4, 0.5) is 20.7 Å². The Morgan fingerprint density at radius 1 is 1.28 bits per heavy atom. The molecular weight excluding hydrogens is 443 g/mol. The Labute approximate surface area is 188 Å². The van der Waals surface area contributed by atoms with Gasteiger partial charge in [0.05, 0.1) is 25.1 Å². The van der Waals surface area contributed by atoms with Crippen LogP contribution in [-0.2, 0) is 20.8 Å². The molecule has 3 heterocycles. The zero-order valence-electron chi connectivity index (χ0n) is 17.1. The first-order valence-electron chi connectivity index (χ1n) is 10.1. The molecule has 2 N–H and O–H groups in total. The topological polar surface area (TPSA) is 104 Å². The fourth-order valence-corrected chi connectivity index (χ4v) is 3.86. The van der Waals surface area contributed by atoms with Crippen LogP contribution in [0.3, 0.4) is 0 Å². The van der Waals surface area contributed by atoms with Gasteiger partial charge < -0.3 is 29.7 Å². The Hall–Kier alpha value is -2.95. The van der Waals surface area contributed by atoms with Gasteiger partial charge >= 0.3 is 6.09 Å². The normalized spacial score (nSPS) is 21.0. The molecule has 9 nitrogen and oxygen atoms in total. The van der Waals surface area contributed by atoms with Crippen molar-refractivity contribution in [2.75, 3.05) is 42.6 Å². The highest BCUT2D eigenvalue weighted by Crippen LogP contribution is 2.30. The molecule has 2 saturated heterocycles. The standard InChI is InChI=1S/C21H22ClFN4O5/c22-15-9-14(10-16(23)11-15)12-25-20(29)32-21(30)3-4-27(19(21)28)17-1-2-18(24-13-17)26-5-7-31-8-6-26/h1-2,9-11,13,30H,3-8,12H2,(H,25,29). The number of alkyl carbamates (subject to hydrolysis) is 1. The monoisotopic (exact) mass is 464 g/mol. The number of aromatic nitrogens is 1. The van der Waals surface area contributed by atoms with Crippen molar-refractivity contribution in [1.29, 1.82) is 0 Å². The molecular formula is C21H22ClFN4O5. The predicted octanol–water partition coefficient (Wildman–Crippen LogP) is 2.06. The summed E-state index contributed by atoms with van der Waals surface area (Å²) in [7, 11) is 0. The number of hydrogen-bond donors (Lipinski definition) is 2. The summed E-state index contributed by atoms with van der Waals surface area (Å²) < 4.78 is 23.7. The summed E-state index contributed by atoms with van der Waals surface area (Å²) in [6, 6.07) is 7.35. The molecule has 0 bridgehead atoms. The maximum Gasteiger partial charge on any atom is 0.410 e. The van der Waals surface area contributed by atoms with Gasteiger partial charge in [0, 0.05) is 37.6 Å². The van der Waals surface area contributed by atoms with Gasteiger partial charge in [-0.3, -0.25) is 4.79 Å². The van der Waals surface area contributed by atoms with E-state index in [0.717, 1.165) is 25.0 Å². The lowest BCUT2D eigenvalue weighted by atomic mass is 10.2. The highest BCUT2D eigenvalue weighted by atomic mass is 35.5. The SMILES string of the molecule is O=C(NCc1cc(F)cc(Cl)c1)OC1(O)CCN(c2ccc(N3CCOCC3)nc2)C1=O. The van der Waals surface area contributed by atoms with Crippen LogP contribution in [-0.4, -0.2) is 60.7 Å². The smallest absolute Gasteiger partial charge is 0.407 e. The van der Waals surface area contributed by atoms with Crippen molar-refractivity contribution in [2.24, 2.45) is 0 Å². The van der Waals surface area contributed by atoms with E-state index < -0.39 is 23.6 Å². The van der Waals surface area contributed by atoms with Crippen molar-refractivity contribution in [3.05, 3.63) is 52.9 Å². The van der Waals surface area contributed by atoms with E-state index in [4.69, 9.17) is 21.1 Å². The number of nitrogens with one attached hydrogen (secondary N) is 1. The second-order valence-electron chi connectivity index (χ2n) is 7.49. The summed E-state index contributed by atoms with van der Waals surface area (Å²) in [6.45, 7) is 2.80. The lowest BCUT2D eigenvalue weighted by Gasteiger charge is -2.28. The number of amides is 2. The molecule has 0 radical (unpaired) electrons. The molecule has 11 heteroatoms. The number of morpholine rings is 1. The molecule has 1 aromatic heterocycles. The van der Waals surface area contributed by atoms with Crippen LogP contribution >= 0.6 is 11.6 Å². The number of nitrogens with zero attached hydrogens (tertiary/aromatic N) is 3. The number of halogens is 2. The Morgan fingerprint density at radius 3 is 2.75 bits per heavy atom. The molecule has 2 aromatic rings. The first-order chi connectivity index (χ1) is 15.3. The van der Waals surface area contributed by atoms with Gasteiger partial charge in [0.1, 0.15) is 11.6 Å². The minimum absolute atomic E-state index is 0.0861. The van der Waals surface area contributed by atoms with E-state index in [2.05, 4.69) is 15.2 Å². The quantitative estimate of drug-likeness (QED) is 0.653. The molecule has 2 amide bonds. The summed E-state index contributed by atoms with van der Waals surface area (Å²) in [6.07, 6.45) is 0.433. The van der Waals surface area contributed by atoms with Crippen molar-refractivity contribution in [3.8, 4) is 0 Å². The van der Waals surface area contributed by atoms with E-state index in [9.17, 15) is 19.1 Å². The number of carbonyl (C=O) groups excluding carboxylic acids is 2. The first-order valence-corrected chi connectivity index (χ1v) is 10.5. The van der Waals surface area contributed by atoms with Gasteiger partial charge in [0.15, 0.2) is 0 Å². The molecule has 4 rings (SSSR count). The van der Waals surface area contributed by atoms with Gasteiger partial charge in [-0.25, -0.2) is 14.2 Å². The van der Waals surface area contributed by atoms with E-state index in [-0.39, 0.29) is 24.5 Å². The van der Waals surface area contributed by atoms with Crippen molar-refractivity contribution in [3.63, 3.8) is 0 Å². The van der Waals surface area contributed by atoms with Crippen molar-refractivity contribution in [2.45, 2.75) is 18.8 Å². The molecule has 2 fully saturated rings. The molecule has 0 saturated carbocycles. The van der Waals surface area contributed by atoms with E-state index in [1.165, 1.54) is 17.0 Å². The second-order valence-corrected chi connectivity index (χ2v) is 7.92. The number of aliphatic hydroxyl groups is 1. The number of hydrogen-bond acceptors (Lipinski definition) is 7. The van der Waals surface area contributed by atoms with Gasteiger partial charge in [-0.2, -0.15) is 0 Å². The first kappa shape index (κ1) is 22.3. The molecule has 0 aliphatic carbocycles. The Bertz CT molecular complexity index is 982. The minimum Gasteiger partial charge on any atom is -0.407 e. The van der Waals surface area contributed by atoms with Gasteiger partial charge in [-0.1, -0.05) is 11.6 Å². The zero-order valence-corrected chi connectivity index (χ0v) is 17.8. The molecule has 170 valence electrons. The van der Waals surface area contributed by atoms with Crippen LogP contribution in [0.2, 0.25) is 5.02 Å². The van der Waals surface area contributed by atoms with Crippen molar-refractivity contribution >= 4 is 35.1 Å². The number of benzene rings is 1. The highest BCUT2D eigenvalue weighted by molar-refractivity contribution is 6.30. The van der Waals surface area contributed by atoms with Crippen LogP contribution in [0.5, 0.6) is 0 Å². The number of anilines is 2. The molecule has 32 heavy (non-hydrogen) atoms. The lowest BCUT2D eigenvalue weighted by Crippen LogP contribution is -2.46. The third-order valence-electron chi connectivity index (χ3n) is 5.25. The highest BCUT2D eigenvalue weighted by Gasteiger charge is 2.49. The van der Waals surface area contributed by atoms with E-state index in [1.54, 1.807) is 18.3 Å². The average molecular weight is 465 g/mol. The average Bonchev–Trinajstić information content (AvgIpc) is 3.06. The summed E-state index contributed by atoms with van der Waals surface area (Å²) in [5.41, 5.74) is 0.895. The van der Waals surface area contributed by atoms with E-state index >= 15 is 0 Å². The Kier molecular flexibility index (Phi) is 6.45. The number of pyridine rings is 1. The lowest BCUT2D eigenvalue weighted by molar-refractivity contribution is -0.175. The third-order valence-corrected chi connectivity index (χ3v) is 5.47. The maximum absolute atomic E-state index is 13.4. The summed E-state index contributed by atoms with van der Waals surface area (Å²) in [5, 5.41) is 13.2. The summed E-state index contributed by atoms with van der Waals surface area (Å²) in [4.78, 5) is 32.7. The molecule has 1 unspecified atom stereocenters. The fourth-order valence-electron chi connectivity index (χ4n) is 3.62. The maximum atomic E-state index is 13.4. The summed E-state index contributed by atoms with van der Waals surface area (Å²) >= 11 is 5.78. The van der Waals surface area contributed by atoms with Gasteiger partial charge in [0.25, 0.3) is 11.7 Å². The fraction of sp³-hybridized carbons (Fsp3) is 0.381. The molecule has 0 spiro atoms. The van der Waals surface area contributed by atoms with Crippen LogP contribution in [0, 0.1) is 5.82 Å². The van der Waals surface area contributed by atoms with Crippen LogP contribution < -0.4 is 15.1 Å². The third kappa shape index (κ3) is 4.93. The number of carbonyl (C=O) groups is 2. The van der Waals surface area contributed by atoms with E-state index in [0.29, 0.717) is 24.5 Å². The van der Waals surface area contributed by atoms with Crippen molar-refractivity contribution in [1.82, 2.24) is 10.3 Å². The van der Waals surface area contributed by atoms with Crippen LogP contribution in [0.25, 0.3) is 0 Å². The van der Waals surface area contributed by atoms with Crippen LogP contribution in [0.1, 0.15) is 12.0 Å². The largest absolute Gasteiger partial charge is 0.410 e. The minimum atomic E-state index is -2.30. The predicted molar refractivity (Wildman–Crippen MR) is 114 cm³/mol. The molecule has 1 aromatic carbocycles. The second kappa shape index (κ2) is 9.27. The Morgan fingerprint density at radius 2 is 2.06 bits per heavy atom. The van der Waals surface area contributed by atoms with Gasteiger partial charge in [-0.05, 0) is 35.9 Å². The summed E-state index contributed by atoms with van der Waals surface area (Å²) in [5.74, 6) is -2.84. The molecule has 2 aliphatic rings. The van der Waals surface area contributed by atoms with Crippen molar-refractivity contribution < 1.29 is 28.6 Å². The molecule has 1 atom stereocenters. The van der Waals surface area contributed by atoms with Crippen LogP contribution in [0.15, 0.2) is 36.5 Å². The number of rotatable bonds is 5. The van der Waals surface area contributed by atoms with Gasteiger partial charge in [0.2, 0.25) is 0 Å². The van der Waals surface area contributed by atoms with E-state index in [1.807, 2.05) is 0 Å². The Balaban J connectivity index is 1.35. The van der Waals surface area contributed by atoms with Gasteiger partial charge in [-0.15, -0.1) is 0 Å². The number of ether oxygens (including phenoxy) is 2.